The molecule has 0 aliphatic carbocycles. The third kappa shape index (κ3) is 66.2. The number of aliphatic hydroxyl groups is 1. The van der Waals surface area contributed by atoms with Crippen LogP contribution in [0, 0.1) is 5.92 Å². The molecule has 92 heavy (non-hydrogen) atoms. The maximum atomic E-state index is 13.0. The van der Waals surface area contributed by atoms with Gasteiger partial charge in [-0.15, -0.1) is 0 Å². The molecule has 3 N–H and O–H groups in total. The lowest BCUT2D eigenvalue weighted by Crippen LogP contribution is -2.30. The van der Waals surface area contributed by atoms with E-state index in [-0.39, 0.29) is 25.7 Å². The van der Waals surface area contributed by atoms with Crippen LogP contribution in [0.3, 0.4) is 0 Å². The molecule has 0 spiro atoms. The van der Waals surface area contributed by atoms with Gasteiger partial charge in [-0.3, -0.25) is 37.3 Å². The summed E-state index contributed by atoms with van der Waals surface area (Å²) in [4.78, 5) is 72.6. The Morgan fingerprint density at radius 2 is 0.587 bits per heavy atom. The Bertz CT molecular complexity index is 1860. The molecular formula is C73H138O17P2. The van der Waals surface area contributed by atoms with E-state index in [1.165, 1.54) is 167 Å². The number of ether oxygens (including phenoxy) is 4. The molecule has 2 unspecified atom stereocenters. The Balaban J connectivity index is 5.27. The Hall–Kier alpha value is -2.46. The van der Waals surface area contributed by atoms with Gasteiger partial charge >= 0.3 is 39.5 Å². The summed E-state index contributed by atoms with van der Waals surface area (Å²) in [5.41, 5.74) is 0. The van der Waals surface area contributed by atoms with E-state index in [4.69, 9.17) is 37.0 Å². The first-order valence-corrected chi connectivity index (χ1v) is 40.4. The van der Waals surface area contributed by atoms with E-state index in [1.54, 1.807) is 0 Å². The van der Waals surface area contributed by atoms with Gasteiger partial charge in [0.2, 0.25) is 0 Å². The van der Waals surface area contributed by atoms with Crippen molar-refractivity contribution < 1.29 is 80.2 Å². The van der Waals surface area contributed by atoms with Crippen LogP contribution in [-0.2, 0) is 65.4 Å². The first-order chi connectivity index (χ1) is 44.5. The Labute approximate surface area is 561 Å². The van der Waals surface area contributed by atoms with Gasteiger partial charge in [0.05, 0.1) is 26.4 Å². The van der Waals surface area contributed by atoms with Crippen molar-refractivity contribution in [1.29, 1.82) is 0 Å². The van der Waals surface area contributed by atoms with Gasteiger partial charge in [-0.25, -0.2) is 9.13 Å². The van der Waals surface area contributed by atoms with Gasteiger partial charge in [-0.05, 0) is 57.3 Å². The molecular weight excluding hydrogens is 1210 g/mol. The topological polar surface area (TPSA) is 237 Å². The van der Waals surface area contributed by atoms with Crippen LogP contribution in [0.5, 0.6) is 0 Å². The van der Waals surface area contributed by atoms with Crippen molar-refractivity contribution in [3.63, 3.8) is 0 Å². The van der Waals surface area contributed by atoms with E-state index >= 15 is 0 Å². The lowest BCUT2D eigenvalue weighted by Gasteiger charge is -2.21. The van der Waals surface area contributed by atoms with Crippen molar-refractivity contribution >= 4 is 39.5 Å². The Kier molecular flexibility index (Phi) is 64.0. The number of phosphoric acid groups is 2. The summed E-state index contributed by atoms with van der Waals surface area (Å²) in [5.74, 6) is -1.40. The van der Waals surface area contributed by atoms with Gasteiger partial charge in [0, 0.05) is 25.7 Å². The van der Waals surface area contributed by atoms with E-state index in [2.05, 4.69) is 58.9 Å². The number of rotatable bonds is 71. The summed E-state index contributed by atoms with van der Waals surface area (Å²) in [7, 11) is -9.92. The maximum absolute atomic E-state index is 13.0. The highest BCUT2D eigenvalue weighted by Gasteiger charge is 2.30. The molecule has 0 aliphatic rings. The van der Waals surface area contributed by atoms with Crippen molar-refractivity contribution in [2.24, 2.45) is 5.92 Å². The van der Waals surface area contributed by atoms with Crippen molar-refractivity contribution in [2.75, 3.05) is 39.6 Å². The van der Waals surface area contributed by atoms with Crippen molar-refractivity contribution in [2.45, 2.75) is 374 Å². The van der Waals surface area contributed by atoms with Gasteiger partial charge in [0.15, 0.2) is 12.2 Å². The van der Waals surface area contributed by atoms with E-state index in [9.17, 15) is 43.2 Å². The molecule has 19 heteroatoms. The van der Waals surface area contributed by atoms with Crippen LogP contribution in [0.25, 0.3) is 0 Å². The second-order valence-corrected chi connectivity index (χ2v) is 29.0. The zero-order valence-corrected chi connectivity index (χ0v) is 61.0. The molecule has 0 bridgehead atoms. The van der Waals surface area contributed by atoms with Crippen LogP contribution in [0.1, 0.15) is 356 Å². The fourth-order valence-corrected chi connectivity index (χ4v) is 12.2. The minimum absolute atomic E-state index is 0.0856. The third-order valence-corrected chi connectivity index (χ3v) is 18.3. The second kappa shape index (κ2) is 65.8. The van der Waals surface area contributed by atoms with Crippen LogP contribution >= 0.6 is 15.6 Å². The predicted molar refractivity (Wildman–Crippen MR) is 372 cm³/mol. The average Bonchev–Trinajstić information content (AvgIpc) is 2.18. The molecule has 0 amide bonds. The van der Waals surface area contributed by atoms with Crippen LogP contribution in [0.2, 0.25) is 0 Å². The molecule has 0 saturated heterocycles. The van der Waals surface area contributed by atoms with E-state index in [1.807, 2.05) is 0 Å². The maximum Gasteiger partial charge on any atom is 0.472 e. The van der Waals surface area contributed by atoms with Gasteiger partial charge in [-0.2, -0.15) is 0 Å². The smallest absolute Gasteiger partial charge is 0.462 e. The summed E-state index contributed by atoms with van der Waals surface area (Å²) in [5, 5.41) is 10.6. The van der Waals surface area contributed by atoms with Crippen molar-refractivity contribution in [3.05, 3.63) is 24.3 Å². The molecule has 0 saturated carbocycles. The van der Waals surface area contributed by atoms with Gasteiger partial charge < -0.3 is 33.8 Å². The number of allylic oxidation sites excluding steroid dienone is 4. The quantitative estimate of drug-likeness (QED) is 0.0169. The average molecular weight is 1350 g/mol. The predicted octanol–water partition coefficient (Wildman–Crippen LogP) is 20.9. The van der Waals surface area contributed by atoms with Crippen LogP contribution < -0.4 is 0 Å². The van der Waals surface area contributed by atoms with Crippen LogP contribution in [0.4, 0.5) is 0 Å². The number of hydrogen-bond acceptors (Lipinski definition) is 15. The molecule has 0 fully saturated rings. The molecule has 0 aliphatic heterocycles. The van der Waals surface area contributed by atoms with Crippen molar-refractivity contribution in [3.8, 4) is 0 Å². The largest absolute Gasteiger partial charge is 0.472 e. The first kappa shape index (κ1) is 89.5. The third-order valence-electron chi connectivity index (χ3n) is 16.4. The van der Waals surface area contributed by atoms with E-state index in [0.717, 1.165) is 109 Å². The van der Waals surface area contributed by atoms with Gasteiger partial charge in [0.1, 0.15) is 19.3 Å². The lowest BCUT2D eigenvalue weighted by atomic mass is 10.0. The lowest BCUT2D eigenvalue weighted by molar-refractivity contribution is -0.161. The standard InChI is InChI=1S/C73H138O17P2/c1-6-9-12-15-18-21-23-25-27-29-31-37-42-47-52-57-71(76)84-63-69(89-72(77)58-53-48-43-38-32-30-28-26-24-22-19-16-13-10-7-2)65-88-92(81,82)86-61-67(74)60-85-91(79,80)87-64-68(62-83-70(75)56-51-46-41-35-20-17-14-11-8-3)90-73(78)59-54-49-44-39-34-33-36-40-45-50-55-66(4)5/h22,24,26,28,66-69,74H,6-21,23,25,27,29-65H2,1-5H3,(H,79,80)(H,81,82)/b24-22-,28-26-/t67-,68+,69+/m0/s1. The SMILES string of the molecule is CCCCCC/C=C\C=C/CCCCCCCC(=O)O[C@H](COC(=O)CCCCCCCCCCCCCCCCC)COP(=O)(O)OC[C@@H](O)COP(=O)(O)OC[C@@H](COC(=O)CCCCCCCCCCC)OC(=O)CCCCCCCCCCCCC(C)C. The molecule has 0 aromatic rings. The molecule has 0 radical (unpaired) electrons. The minimum atomic E-state index is -4.96. The number of hydrogen-bond donors (Lipinski definition) is 3. The van der Waals surface area contributed by atoms with E-state index in [0.29, 0.717) is 25.7 Å². The molecule has 542 valence electrons. The number of carbonyl (C=O) groups excluding carboxylic acids is 4. The van der Waals surface area contributed by atoms with Gasteiger partial charge in [-0.1, -0.05) is 303 Å². The summed E-state index contributed by atoms with van der Waals surface area (Å²) in [6, 6.07) is 0. The highest BCUT2D eigenvalue weighted by Crippen LogP contribution is 2.45. The summed E-state index contributed by atoms with van der Waals surface area (Å²) >= 11 is 0. The van der Waals surface area contributed by atoms with E-state index < -0.39 is 97.5 Å². The first-order valence-electron chi connectivity index (χ1n) is 37.5. The van der Waals surface area contributed by atoms with Crippen LogP contribution in [0.15, 0.2) is 24.3 Å². The fourth-order valence-electron chi connectivity index (χ4n) is 10.6. The van der Waals surface area contributed by atoms with Crippen LogP contribution in [-0.4, -0.2) is 96.7 Å². The van der Waals surface area contributed by atoms with Crippen molar-refractivity contribution in [1.82, 2.24) is 0 Å². The van der Waals surface area contributed by atoms with Gasteiger partial charge in [0.25, 0.3) is 0 Å². The number of aliphatic hydroxyl groups excluding tert-OH is 1. The summed E-state index contributed by atoms with van der Waals surface area (Å²) in [6.07, 6.45) is 56.2. The molecule has 0 heterocycles. The Morgan fingerprint density at radius 1 is 0.337 bits per heavy atom. The second-order valence-electron chi connectivity index (χ2n) is 26.1. The number of esters is 4. The molecule has 5 atom stereocenters. The monoisotopic (exact) mass is 1350 g/mol. The molecule has 0 rings (SSSR count). The number of unbranched alkanes of at least 4 members (excludes halogenated alkanes) is 40. The molecule has 17 nitrogen and oxygen atoms in total. The Morgan fingerprint density at radius 3 is 0.891 bits per heavy atom. The highest BCUT2D eigenvalue weighted by molar-refractivity contribution is 7.47. The zero-order valence-electron chi connectivity index (χ0n) is 59.2. The molecule has 0 aromatic carbocycles. The normalized spacial score (nSPS) is 14.2. The number of phosphoric ester groups is 2. The fraction of sp³-hybridized carbons (Fsp3) is 0.890. The minimum Gasteiger partial charge on any atom is -0.462 e. The zero-order chi connectivity index (χ0) is 67.7. The molecule has 0 aromatic heterocycles. The highest BCUT2D eigenvalue weighted by atomic mass is 31.2. The number of carbonyl (C=O) groups is 4. The summed E-state index contributed by atoms with van der Waals surface area (Å²) in [6.45, 7) is 7.18. The summed E-state index contributed by atoms with van der Waals surface area (Å²) < 4.78 is 68.3.